The molecular weight excluding hydrogens is 288 g/mol. The molecule has 2 rings (SSSR count). The SMILES string of the molecule is Cc1cccc(C(=O)Nc2c(Cl)cccc2Cl)c1F. The van der Waals surface area contributed by atoms with Gasteiger partial charge in [-0.25, -0.2) is 4.39 Å². The number of hydrogen-bond acceptors (Lipinski definition) is 1. The number of anilines is 1. The van der Waals surface area contributed by atoms with E-state index in [4.69, 9.17) is 23.2 Å². The van der Waals surface area contributed by atoms with Crippen molar-refractivity contribution in [3.63, 3.8) is 0 Å². The van der Waals surface area contributed by atoms with Gasteiger partial charge in [-0.2, -0.15) is 0 Å². The predicted molar refractivity (Wildman–Crippen MR) is 75.6 cm³/mol. The number of halogens is 3. The molecule has 0 aliphatic rings. The molecule has 2 aromatic rings. The number of carbonyl (C=O) groups excluding carboxylic acids is 1. The topological polar surface area (TPSA) is 29.1 Å². The maximum Gasteiger partial charge on any atom is 0.258 e. The third-order valence-corrected chi connectivity index (χ3v) is 3.27. The third kappa shape index (κ3) is 2.88. The number of hydrogen-bond donors (Lipinski definition) is 1. The van der Waals surface area contributed by atoms with Gasteiger partial charge in [-0.3, -0.25) is 4.79 Å². The Morgan fingerprint density at radius 3 is 2.32 bits per heavy atom. The van der Waals surface area contributed by atoms with Gasteiger partial charge in [0, 0.05) is 0 Å². The number of benzene rings is 2. The summed E-state index contributed by atoms with van der Waals surface area (Å²) in [6, 6.07) is 9.46. The smallest absolute Gasteiger partial charge is 0.258 e. The summed E-state index contributed by atoms with van der Waals surface area (Å²) >= 11 is 11.9. The summed E-state index contributed by atoms with van der Waals surface area (Å²) in [5.74, 6) is -1.14. The van der Waals surface area contributed by atoms with Gasteiger partial charge in [-0.15, -0.1) is 0 Å². The summed E-state index contributed by atoms with van der Waals surface area (Å²) in [6.07, 6.45) is 0. The highest BCUT2D eigenvalue weighted by Crippen LogP contribution is 2.30. The zero-order valence-electron chi connectivity index (χ0n) is 10.0. The van der Waals surface area contributed by atoms with Gasteiger partial charge in [-0.05, 0) is 30.7 Å². The molecule has 0 heterocycles. The Kier molecular flexibility index (Phi) is 4.08. The normalized spacial score (nSPS) is 10.3. The van der Waals surface area contributed by atoms with E-state index >= 15 is 0 Å². The lowest BCUT2D eigenvalue weighted by Gasteiger charge is -2.10. The summed E-state index contributed by atoms with van der Waals surface area (Å²) in [5, 5.41) is 3.12. The van der Waals surface area contributed by atoms with E-state index in [1.165, 1.54) is 6.07 Å². The number of rotatable bonds is 2. The van der Waals surface area contributed by atoms with Crippen molar-refractivity contribution in [1.29, 1.82) is 0 Å². The molecule has 0 atom stereocenters. The lowest BCUT2D eigenvalue weighted by atomic mass is 10.1. The van der Waals surface area contributed by atoms with Crippen LogP contribution in [0.3, 0.4) is 0 Å². The average Bonchev–Trinajstić information content (AvgIpc) is 2.37. The number of nitrogens with one attached hydrogen (secondary N) is 1. The van der Waals surface area contributed by atoms with E-state index in [-0.39, 0.29) is 11.3 Å². The molecule has 0 saturated carbocycles. The summed E-state index contributed by atoms with van der Waals surface area (Å²) < 4.78 is 13.8. The number of amides is 1. The van der Waals surface area contributed by atoms with Crippen molar-refractivity contribution in [3.8, 4) is 0 Å². The largest absolute Gasteiger partial charge is 0.319 e. The first kappa shape index (κ1) is 13.8. The van der Waals surface area contributed by atoms with Crippen LogP contribution in [0.2, 0.25) is 10.0 Å². The highest BCUT2D eigenvalue weighted by Gasteiger charge is 2.15. The molecule has 0 spiro atoms. The molecule has 0 aliphatic heterocycles. The van der Waals surface area contributed by atoms with Gasteiger partial charge >= 0.3 is 0 Å². The van der Waals surface area contributed by atoms with Gasteiger partial charge in [0.1, 0.15) is 5.82 Å². The first-order valence-electron chi connectivity index (χ1n) is 5.51. The van der Waals surface area contributed by atoms with Gasteiger partial charge in [0.15, 0.2) is 0 Å². The van der Waals surface area contributed by atoms with Crippen molar-refractivity contribution in [1.82, 2.24) is 0 Å². The van der Waals surface area contributed by atoms with E-state index in [1.807, 2.05) is 0 Å². The Morgan fingerprint density at radius 2 is 1.68 bits per heavy atom. The Morgan fingerprint density at radius 1 is 1.11 bits per heavy atom. The molecule has 98 valence electrons. The lowest BCUT2D eigenvalue weighted by Crippen LogP contribution is -2.14. The van der Waals surface area contributed by atoms with Crippen LogP contribution in [0.5, 0.6) is 0 Å². The maximum absolute atomic E-state index is 13.8. The molecule has 0 bridgehead atoms. The minimum Gasteiger partial charge on any atom is -0.319 e. The molecule has 0 saturated heterocycles. The van der Waals surface area contributed by atoms with Crippen molar-refractivity contribution < 1.29 is 9.18 Å². The van der Waals surface area contributed by atoms with Crippen LogP contribution >= 0.6 is 23.2 Å². The highest BCUT2D eigenvalue weighted by atomic mass is 35.5. The second-order valence-electron chi connectivity index (χ2n) is 3.99. The van der Waals surface area contributed by atoms with Gasteiger partial charge in [0.2, 0.25) is 0 Å². The van der Waals surface area contributed by atoms with Crippen molar-refractivity contribution in [2.45, 2.75) is 6.92 Å². The third-order valence-electron chi connectivity index (χ3n) is 2.64. The van der Waals surface area contributed by atoms with Crippen LogP contribution < -0.4 is 5.32 Å². The standard InChI is InChI=1S/C14H10Cl2FNO/c1-8-4-2-5-9(12(8)17)14(19)18-13-10(15)6-3-7-11(13)16/h2-7H,1H3,(H,18,19). The Bertz CT molecular complexity index is 623. The summed E-state index contributed by atoms with van der Waals surface area (Å²) in [5.41, 5.74) is 0.630. The quantitative estimate of drug-likeness (QED) is 0.856. The molecule has 0 aromatic heterocycles. The summed E-state index contributed by atoms with van der Waals surface area (Å²) in [7, 11) is 0. The van der Waals surface area contributed by atoms with Crippen molar-refractivity contribution in [2.24, 2.45) is 0 Å². The van der Waals surface area contributed by atoms with E-state index in [0.717, 1.165) is 0 Å². The fourth-order valence-corrected chi connectivity index (χ4v) is 2.11. The van der Waals surface area contributed by atoms with Crippen LogP contribution in [-0.2, 0) is 0 Å². The highest BCUT2D eigenvalue weighted by molar-refractivity contribution is 6.40. The predicted octanol–water partition coefficient (Wildman–Crippen LogP) is 4.69. The first-order chi connectivity index (χ1) is 9.00. The Hall–Kier alpha value is -1.58. The first-order valence-corrected chi connectivity index (χ1v) is 6.27. The van der Waals surface area contributed by atoms with Crippen LogP contribution in [0.1, 0.15) is 15.9 Å². The van der Waals surface area contributed by atoms with Crippen molar-refractivity contribution >= 4 is 34.8 Å². The number of para-hydroxylation sites is 1. The van der Waals surface area contributed by atoms with E-state index in [0.29, 0.717) is 15.6 Å². The van der Waals surface area contributed by atoms with Gasteiger partial charge in [0.25, 0.3) is 5.91 Å². The second-order valence-corrected chi connectivity index (χ2v) is 4.80. The lowest BCUT2D eigenvalue weighted by molar-refractivity contribution is 0.102. The van der Waals surface area contributed by atoms with E-state index in [1.54, 1.807) is 37.3 Å². The molecule has 1 N–H and O–H groups in total. The van der Waals surface area contributed by atoms with Crippen molar-refractivity contribution in [2.75, 3.05) is 5.32 Å². The van der Waals surface area contributed by atoms with Crippen molar-refractivity contribution in [3.05, 3.63) is 63.4 Å². The summed E-state index contributed by atoms with van der Waals surface area (Å²) in [6.45, 7) is 1.59. The Labute approximate surface area is 120 Å². The second kappa shape index (κ2) is 5.59. The minimum absolute atomic E-state index is 0.0454. The van der Waals surface area contributed by atoms with E-state index in [2.05, 4.69) is 5.32 Å². The molecule has 0 unspecified atom stereocenters. The zero-order chi connectivity index (χ0) is 14.0. The fraction of sp³-hybridized carbons (Fsp3) is 0.0714. The zero-order valence-corrected chi connectivity index (χ0v) is 11.5. The Balaban J connectivity index is 2.34. The number of aryl methyl sites for hydroxylation is 1. The van der Waals surface area contributed by atoms with Crippen LogP contribution in [0.25, 0.3) is 0 Å². The maximum atomic E-state index is 13.8. The van der Waals surface area contributed by atoms with Gasteiger partial charge in [-0.1, -0.05) is 41.4 Å². The molecule has 5 heteroatoms. The monoisotopic (exact) mass is 297 g/mol. The van der Waals surface area contributed by atoms with Gasteiger partial charge in [0.05, 0.1) is 21.3 Å². The molecule has 1 amide bonds. The molecule has 0 fully saturated rings. The van der Waals surface area contributed by atoms with E-state index in [9.17, 15) is 9.18 Å². The fourth-order valence-electron chi connectivity index (χ4n) is 1.62. The minimum atomic E-state index is -0.587. The molecule has 19 heavy (non-hydrogen) atoms. The number of carbonyl (C=O) groups is 1. The molecule has 0 aliphatic carbocycles. The van der Waals surface area contributed by atoms with E-state index < -0.39 is 11.7 Å². The average molecular weight is 298 g/mol. The molecule has 2 nitrogen and oxygen atoms in total. The molecule has 0 radical (unpaired) electrons. The molecular formula is C14H10Cl2FNO. The van der Waals surface area contributed by atoms with Crippen LogP contribution in [-0.4, -0.2) is 5.91 Å². The van der Waals surface area contributed by atoms with Crippen LogP contribution in [0.15, 0.2) is 36.4 Å². The summed E-state index contributed by atoms with van der Waals surface area (Å²) in [4.78, 5) is 12.0. The molecule has 2 aromatic carbocycles. The van der Waals surface area contributed by atoms with Gasteiger partial charge < -0.3 is 5.32 Å². The van der Waals surface area contributed by atoms with Crippen LogP contribution in [0.4, 0.5) is 10.1 Å². The van der Waals surface area contributed by atoms with Crippen LogP contribution in [0, 0.1) is 12.7 Å².